The number of alkyl halides is 3. The Morgan fingerprint density at radius 3 is 2.33 bits per heavy atom. The molecule has 40 heavy (non-hydrogen) atoms. The SMILES string of the molecule is CC(C)N(C(=O)c1ccc(Br)cc1)c1cc(F)c(Oc2ncc(Cn3nccn3)cc2C(F)(F)F)cc1C(=O)O. The smallest absolute Gasteiger partial charge is 0.421 e. The van der Waals surface area contributed by atoms with Crippen molar-refractivity contribution in [2.24, 2.45) is 0 Å². The second kappa shape index (κ2) is 11.4. The molecule has 2 heterocycles. The van der Waals surface area contributed by atoms with Crippen LogP contribution in [-0.2, 0) is 12.7 Å². The summed E-state index contributed by atoms with van der Waals surface area (Å²) in [7, 11) is 0. The van der Waals surface area contributed by atoms with Crippen LogP contribution in [0.5, 0.6) is 11.6 Å². The Labute approximate surface area is 233 Å². The fourth-order valence-corrected chi connectivity index (χ4v) is 4.07. The molecule has 2 aromatic heterocycles. The minimum Gasteiger partial charge on any atom is -0.478 e. The number of ether oxygens (including phenoxy) is 1. The first-order valence-corrected chi connectivity index (χ1v) is 12.4. The van der Waals surface area contributed by atoms with Crippen molar-refractivity contribution < 1.29 is 37.0 Å². The lowest BCUT2D eigenvalue weighted by molar-refractivity contribution is -0.139. The summed E-state index contributed by atoms with van der Waals surface area (Å²) in [5.74, 6) is -5.17. The summed E-state index contributed by atoms with van der Waals surface area (Å²) in [5, 5.41) is 17.5. The molecule has 0 bridgehead atoms. The zero-order chi connectivity index (χ0) is 29.2. The van der Waals surface area contributed by atoms with Crippen LogP contribution in [0.25, 0.3) is 0 Å². The van der Waals surface area contributed by atoms with Gasteiger partial charge >= 0.3 is 12.1 Å². The fraction of sp³-hybridized carbons (Fsp3) is 0.192. The minimum atomic E-state index is -4.94. The molecule has 0 saturated carbocycles. The highest BCUT2D eigenvalue weighted by atomic mass is 79.9. The predicted molar refractivity (Wildman–Crippen MR) is 138 cm³/mol. The van der Waals surface area contributed by atoms with Crippen LogP contribution in [-0.4, -0.2) is 43.0 Å². The number of nitrogens with zero attached hydrogens (tertiary/aromatic N) is 5. The second-order valence-corrected chi connectivity index (χ2v) is 9.65. The van der Waals surface area contributed by atoms with Gasteiger partial charge in [-0.15, -0.1) is 0 Å². The van der Waals surface area contributed by atoms with Gasteiger partial charge < -0.3 is 14.7 Å². The molecule has 0 aliphatic carbocycles. The first-order chi connectivity index (χ1) is 18.8. The zero-order valence-corrected chi connectivity index (χ0v) is 22.4. The molecule has 0 unspecified atom stereocenters. The molecule has 14 heteroatoms. The van der Waals surface area contributed by atoms with E-state index in [-0.39, 0.29) is 23.4 Å². The van der Waals surface area contributed by atoms with Gasteiger partial charge in [-0.1, -0.05) is 15.9 Å². The molecule has 208 valence electrons. The lowest BCUT2D eigenvalue weighted by Gasteiger charge is -2.28. The third-order valence-electron chi connectivity index (χ3n) is 5.58. The summed E-state index contributed by atoms with van der Waals surface area (Å²) >= 11 is 3.27. The Kier molecular flexibility index (Phi) is 8.18. The van der Waals surface area contributed by atoms with Crippen LogP contribution in [0, 0.1) is 5.82 Å². The van der Waals surface area contributed by atoms with Crippen LogP contribution in [0.15, 0.2) is 65.5 Å². The van der Waals surface area contributed by atoms with Crippen molar-refractivity contribution in [1.29, 1.82) is 0 Å². The fourth-order valence-electron chi connectivity index (χ4n) is 3.80. The third-order valence-corrected chi connectivity index (χ3v) is 6.11. The van der Waals surface area contributed by atoms with Gasteiger partial charge in [0.05, 0.1) is 30.2 Å². The van der Waals surface area contributed by atoms with E-state index in [1.807, 2.05) is 0 Å². The number of rotatable bonds is 8. The minimum absolute atomic E-state index is 0.0944. The van der Waals surface area contributed by atoms with Gasteiger partial charge in [0.1, 0.15) is 5.56 Å². The van der Waals surface area contributed by atoms with Gasteiger partial charge in [-0.2, -0.15) is 28.2 Å². The largest absolute Gasteiger partial charge is 0.478 e. The van der Waals surface area contributed by atoms with E-state index in [2.05, 4.69) is 31.1 Å². The molecular weight excluding hydrogens is 602 g/mol. The number of hydrogen-bond donors (Lipinski definition) is 1. The van der Waals surface area contributed by atoms with Crippen molar-refractivity contribution >= 4 is 33.5 Å². The summed E-state index contributed by atoms with van der Waals surface area (Å²) in [6.07, 6.45) is -1.15. The van der Waals surface area contributed by atoms with Gasteiger partial charge in [-0.05, 0) is 49.7 Å². The van der Waals surface area contributed by atoms with Crippen molar-refractivity contribution in [3.05, 3.63) is 93.6 Å². The number of carboxylic acids is 1. The molecular formula is C26H20BrF4N5O4. The number of amides is 1. The zero-order valence-electron chi connectivity index (χ0n) is 20.9. The highest BCUT2D eigenvalue weighted by Gasteiger charge is 2.37. The Hall–Kier alpha value is -4.33. The van der Waals surface area contributed by atoms with E-state index in [0.29, 0.717) is 4.47 Å². The predicted octanol–water partition coefficient (Wildman–Crippen LogP) is 6.19. The van der Waals surface area contributed by atoms with Crippen LogP contribution in [0.2, 0.25) is 0 Å². The quantitative estimate of drug-likeness (QED) is 0.234. The summed E-state index contributed by atoms with van der Waals surface area (Å²) < 4.78 is 62.8. The van der Waals surface area contributed by atoms with E-state index in [0.717, 1.165) is 34.1 Å². The number of pyridine rings is 1. The monoisotopic (exact) mass is 621 g/mol. The lowest BCUT2D eigenvalue weighted by Crippen LogP contribution is -2.38. The van der Waals surface area contributed by atoms with Crippen LogP contribution < -0.4 is 9.64 Å². The van der Waals surface area contributed by atoms with Crippen molar-refractivity contribution in [3.8, 4) is 11.6 Å². The van der Waals surface area contributed by atoms with Gasteiger partial charge in [-0.3, -0.25) is 4.79 Å². The molecule has 9 nitrogen and oxygen atoms in total. The van der Waals surface area contributed by atoms with E-state index >= 15 is 4.39 Å². The highest BCUT2D eigenvalue weighted by Crippen LogP contribution is 2.39. The Morgan fingerprint density at radius 2 is 1.75 bits per heavy atom. The maximum Gasteiger partial charge on any atom is 0.421 e. The first-order valence-electron chi connectivity index (χ1n) is 11.6. The number of anilines is 1. The molecule has 0 saturated heterocycles. The van der Waals surface area contributed by atoms with E-state index < -0.39 is 52.7 Å². The number of carbonyl (C=O) groups is 2. The average Bonchev–Trinajstić information content (AvgIpc) is 3.39. The summed E-state index contributed by atoms with van der Waals surface area (Å²) in [6.45, 7) is 3.09. The number of carboxylic acid groups (broad SMARTS) is 1. The molecule has 0 aliphatic heterocycles. The summed E-state index contributed by atoms with van der Waals surface area (Å²) in [6, 6.07) is 7.84. The number of aromatic carboxylic acids is 1. The Balaban J connectivity index is 1.74. The van der Waals surface area contributed by atoms with Crippen LogP contribution >= 0.6 is 15.9 Å². The maximum absolute atomic E-state index is 15.3. The van der Waals surface area contributed by atoms with Crippen LogP contribution in [0.3, 0.4) is 0 Å². The van der Waals surface area contributed by atoms with Crippen molar-refractivity contribution in [2.75, 3.05) is 4.90 Å². The first kappa shape index (κ1) is 28.7. The molecule has 1 amide bonds. The lowest BCUT2D eigenvalue weighted by atomic mass is 10.1. The third kappa shape index (κ3) is 6.28. The van der Waals surface area contributed by atoms with Gasteiger partial charge in [0.15, 0.2) is 11.6 Å². The molecule has 1 N–H and O–H groups in total. The van der Waals surface area contributed by atoms with Gasteiger partial charge in [-0.25, -0.2) is 14.2 Å². The molecule has 0 aliphatic rings. The van der Waals surface area contributed by atoms with Crippen LogP contribution in [0.4, 0.5) is 23.2 Å². The summed E-state index contributed by atoms with van der Waals surface area (Å²) in [5.41, 5.74) is -1.88. The van der Waals surface area contributed by atoms with Crippen LogP contribution in [0.1, 0.15) is 45.7 Å². The topological polar surface area (TPSA) is 110 Å². The Bertz CT molecular complexity index is 1540. The molecule has 2 aromatic carbocycles. The standard InChI is InChI=1S/C26H20BrF4N5O4/c1-14(2)36(24(37)16-3-5-17(27)6-4-16)21-11-20(28)22(10-18(21)25(38)39)40-23-19(26(29,30)31)9-15(12-32-23)13-35-33-7-8-34-35/h3-12,14H,13H2,1-2H3,(H,38,39). The Morgan fingerprint density at radius 1 is 1.10 bits per heavy atom. The van der Waals surface area contributed by atoms with E-state index in [1.165, 1.54) is 24.5 Å². The van der Waals surface area contributed by atoms with Crippen molar-refractivity contribution in [2.45, 2.75) is 32.6 Å². The normalized spacial score (nSPS) is 11.5. The number of benzene rings is 2. The number of carbonyl (C=O) groups excluding carboxylic acids is 1. The number of aromatic nitrogens is 4. The van der Waals surface area contributed by atoms with E-state index in [9.17, 15) is 27.9 Å². The molecule has 0 radical (unpaired) electrons. The molecule has 4 aromatic rings. The van der Waals surface area contributed by atoms with Crippen molar-refractivity contribution in [1.82, 2.24) is 20.0 Å². The molecule has 4 rings (SSSR count). The van der Waals surface area contributed by atoms with Crippen molar-refractivity contribution in [3.63, 3.8) is 0 Å². The van der Waals surface area contributed by atoms with E-state index in [4.69, 9.17) is 4.74 Å². The maximum atomic E-state index is 15.3. The highest BCUT2D eigenvalue weighted by molar-refractivity contribution is 9.10. The summed E-state index contributed by atoms with van der Waals surface area (Å²) in [4.78, 5) is 31.4. The van der Waals surface area contributed by atoms with E-state index in [1.54, 1.807) is 26.0 Å². The molecule has 0 atom stereocenters. The van der Waals surface area contributed by atoms with Gasteiger partial charge in [0.2, 0.25) is 5.88 Å². The second-order valence-electron chi connectivity index (χ2n) is 8.74. The number of hydrogen-bond acceptors (Lipinski definition) is 6. The van der Waals surface area contributed by atoms with Gasteiger partial charge in [0, 0.05) is 34.4 Å². The number of halogens is 5. The van der Waals surface area contributed by atoms with Gasteiger partial charge in [0.25, 0.3) is 5.91 Å². The molecule has 0 spiro atoms. The molecule has 0 fully saturated rings. The average molecular weight is 622 g/mol.